The molecule has 1 aromatic carbocycles. The maximum Gasteiger partial charge on any atom is 0.416 e. The molecule has 20 heavy (non-hydrogen) atoms. The lowest BCUT2D eigenvalue weighted by molar-refractivity contribution is -0.138. The number of rotatable bonds is 4. The summed E-state index contributed by atoms with van der Waals surface area (Å²) in [5, 5.41) is 9.04. The predicted molar refractivity (Wildman–Crippen MR) is 67.6 cm³/mol. The molecule has 108 valence electrons. The minimum atomic E-state index is -4.43. The van der Waals surface area contributed by atoms with Crippen LogP contribution in [0.25, 0.3) is 6.08 Å². The van der Waals surface area contributed by atoms with Gasteiger partial charge in [-0.05, 0) is 30.2 Å². The van der Waals surface area contributed by atoms with Crippen LogP contribution in [0.2, 0.25) is 0 Å². The molecule has 0 heterocycles. The van der Waals surface area contributed by atoms with E-state index in [9.17, 15) is 13.2 Å². The van der Waals surface area contributed by atoms with Crippen molar-refractivity contribution in [3.05, 3.63) is 40.5 Å². The summed E-state index contributed by atoms with van der Waals surface area (Å²) in [5.74, 6) is 0. The molecule has 0 N–H and O–H groups in total. The van der Waals surface area contributed by atoms with Gasteiger partial charge in [0.2, 0.25) is 0 Å². The molecule has 0 aromatic heterocycles. The molecule has 0 atom stereocenters. The van der Waals surface area contributed by atoms with Gasteiger partial charge in [-0.3, -0.25) is 0 Å². The van der Waals surface area contributed by atoms with Gasteiger partial charge in [-0.15, -0.1) is 0 Å². The Morgan fingerprint density at radius 3 is 2.35 bits per heavy atom. The van der Waals surface area contributed by atoms with Crippen molar-refractivity contribution in [2.24, 2.45) is 0 Å². The Morgan fingerprint density at radius 1 is 1.30 bits per heavy atom. The van der Waals surface area contributed by atoms with Crippen LogP contribution >= 0.6 is 0 Å². The van der Waals surface area contributed by atoms with Gasteiger partial charge in [-0.25, -0.2) is 0 Å². The summed E-state index contributed by atoms with van der Waals surface area (Å²) in [6.07, 6.45) is -4.00. The van der Waals surface area contributed by atoms with Crippen LogP contribution in [0.15, 0.2) is 23.8 Å². The average Bonchev–Trinajstić information content (AvgIpc) is 2.39. The summed E-state index contributed by atoms with van der Waals surface area (Å²) < 4.78 is 48.3. The highest BCUT2D eigenvalue weighted by molar-refractivity contribution is 5.62. The van der Waals surface area contributed by atoms with Crippen LogP contribution in [0.4, 0.5) is 13.2 Å². The first-order valence-electron chi connectivity index (χ1n) is 5.69. The molecule has 0 bridgehead atoms. The van der Waals surface area contributed by atoms with Crippen molar-refractivity contribution >= 4 is 6.08 Å². The van der Waals surface area contributed by atoms with E-state index in [4.69, 9.17) is 14.7 Å². The van der Waals surface area contributed by atoms with Gasteiger partial charge in [-0.1, -0.05) is 12.1 Å². The fourth-order valence-corrected chi connectivity index (χ4v) is 1.79. The zero-order valence-corrected chi connectivity index (χ0v) is 11.3. The van der Waals surface area contributed by atoms with E-state index < -0.39 is 18.0 Å². The first kappa shape index (κ1) is 16.2. The van der Waals surface area contributed by atoms with Crippen LogP contribution in [0.5, 0.6) is 0 Å². The molecule has 0 radical (unpaired) electrons. The van der Waals surface area contributed by atoms with Crippen molar-refractivity contribution in [1.82, 2.24) is 0 Å². The van der Waals surface area contributed by atoms with Crippen LogP contribution in [0, 0.1) is 18.3 Å². The Hall–Kier alpha value is -1.84. The normalized spacial score (nSPS) is 12.6. The number of nitriles is 1. The smallest absolute Gasteiger partial charge is 0.351 e. The summed E-state index contributed by atoms with van der Waals surface area (Å²) >= 11 is 0. The maximum absolute atomic E-state index is 12.8. The van der Waals surface area contributed by atoms with Crippen molar-refractivity contribution in [1.29, 1.82) is 5.26 Å². The molecule has 1 aromatic rings. The molecule has 0 saturated heterocycles. The molecule has 0 saturated carbocycles. The van der Waals surface area contributed by atoms with E-state index in [0.717, 1.165) is 6.07 Å². The van der Waals surface area contributed by atoms with Gasteiger partial charge in [-0.2, -0.15) is 18.4 Å². The second-order valence-electron chi connectivity index (χ2n) is 4.03. The van der Waals surface area contributed by atoms with Crippen molar-refractivity contribution in [2.75, 3.05) is 14.2 Å². The molecule has 0 aliphatic heterocycles. The lowest BCUT2D eigenvalue weighted by atomic mass is 10.00. The van der Waals surface area contributed by atoms with Gasteiger partial charge < -0.3 is 9.47 Å². The van der Waals surface area contributed by atoms with Crippen LogP contribution in [0.1, 0.15) is 16.7 Å². The average molecular weight is 285 g/mol. The molecular weight excluding hydrogens is 271 g/mol. The first-order chi connectivity index (χ1) is 9.35. The van der Waals surface area contributed by atoms with E-state index in [2.05, 4.69) is 0 Å². The molecule has 6 heteroatoms. The summed E-state index contributed by atoms with van der Waals surface area (Å²) in [6, 6.07) is 5.67. The number of alkyl halides is 3. The largest absolute Gasteiger partial charge is 0.416 e. The van der Waals surface area contributed by atoms with E-state index >= 15 is 0 Å². The first-order valence-corrected chi connectivity index (χ1v) is 5.69. The number of methoxy groups -OCH3 is 2. The molecular formula is C14H14F3NO2. The second kappa shape index (κ2) is 6.55. The molecule has 0 spiro atoms. The van der Waals surface area contributed by atoms with Crippen LogP contribution < -0.4 is 0 Å². The van der Waals surface area contributed by atoms with E-state index in [0.29, 0.717) is 5.56 Å². The van der Waals surface area contributed by atoms with Gasteiger partial charge in [0.05, 0.1) is 11.1 Å². The molecule has 0 fully saturated rings. The fourth-order valence-electron chi connectivity index (χ4n) is 1.79. The van der Waals surface area contributed by atoms with E-state index in [-0.39, 0.29) is 11.1 Å². The monoisotopic (exact) mass is 285 g/mol. The van der Waals surface area contributed by atoms with Crippen molar-refractivity contribution in [3.8, 4) is 6.07 Å². The Balaban J connectivity index is 3.31. The van der Waals surface area contributed by atoms with Gasteiger partial charge in [0, 0.05) is 14.2 Å². The number of nitrogens with zero attached hydrogens (tertiary/aromatic N) is 1. The number of hydrogen-bond donors (Lipinski definition) is 0. The highest BCUT2D eigenvalue weighted by atomic mass is 19.4. The van der Waals surface area contributed by atoms with Crippen LogP contribution in [-0.2, 0) is 15.7 Å². The predicted octanol–water partition coefficient (Wildman–Crippen LogP) is 3.54. The third-order valence-corrected chi connectivity index (χ3v) is 2.80. The second-order valence-corrected chi connectivity index (χ2v) is 4.03. The van der Waals surface area contributed by atoms with Gasteiger partial charge >= 0.3 is 6.18 Å². The van der Waals surface area contributed by atoms with Gasteiger partial charge in [0.15, 0.2) is 6.29 Å². The van der Waals surface area contributed by atoms with Gasteiger partial charge in [0.1, 0.15) is 6.07 Å². The summed E-state index contributed by atoms with van der Waals surface area (Å²) in [6.45, 7) is 1.36. The number of ether oxygens (including phenoxy) is 2. The summed E-state index contributed by atoms with van der Waals surface area (Å²) in [5.41, 5.74) is -0.276. The fraction of sp³-hybridized carbons (Fsp3) is 0.357. The Morgan fingerprint density at radius 2 is 1.90 bits per heavy atom. The third-order valence-electron chi connectivity index (χ3n) is 2.80. The maximum atomic E-state index is 12.8. The highest BCUT2D eigenvalue weighted by Crippen LogP contribution is 2.33. The van der Waals surface area contributed by atoms with Crippen molar-refractivity contribution < 1.29 is 22.6 Å². The van der Waals surface area contributed by atoms with Crippen LogP contribution in [0.3, 0.4) is 0 Å². The SMILES string of the molecule is COC(OC)C(C#N)=Cc1cccc(C(F)(F)F)c1C. The molecule has 0 unspecified atom stereocenters. The summed E-state index contributed by atoms with van der Waals surface area (Å²) in [7, 11) is 2.69. The number of hydrogen-bond acceptors (Lipinski definition) is 3. The van der Waals surface area contributed by atoms with E-state index in [1.807, 2.05) is 6.07 Å². The summed E-state index contributed by atoms with van der Waals surface area (Å²) in [4.78, 5) is 0. The zero-order valence-electron chi connectivity index (χ0n) is 11.3. The minimum Gasteiger partial charge on any atom is -0.351 e. The molecule has 3 nitrogen and oxygen atoms in total. The number of halogens is 3. The molecule has 0 aliphatic rings. The highest BCUT2D eigenvalue weighted by Gasteiger charge is 2.32. The topological polar surface area (TPSA) is 42.2 Å². The lowest BCUT2D eigenvalue weighted by Crippen LogP contribution is -2.15. The molecule has 1 rings (SSSR count). The Labute approximate surface area is 115 Å². The minimum absolute atomic E-state index is 0.0544. The Kier molecular flexibility index (Phi) is 5.31. The number of benzene rings is 1. The molecule has 0 amide bonds. The van der Waals surface area contributed by atoms with Crippen molar-refractivity contribution in [3.63, 3.8) is 0 Å². The van der Waals surface area contributed by atoms with Crippen molar-refractivity contribution in [2.45, 2.75) is 19.4 Å². The molecule has 0 aliphatic carbocycles. The Bertz CT molecular complexity index is 540. The standard InChI is InChI=1S/C14H14F3NO2/c1-9-10(5-4-6-12(9)14(15,16)17)7-11(8-18)13(19-2)20-3/h4-7,13H,1-3H3. The van der Waals surface area contributed by atoms with E-state index in [1.165, 1.54) is 39.4 Å². The lowest BCUT2D eigenvalue weighted by Gasteiger charge is -2.14. The van der Waals surface area contributed by atoms with Crippen LogP contribution in [-0.4, -0.2) is 20.5 Å². The third kappa shape index (κ3) is 3.59. The van der Waals surface area contributed by atoms with E-state index in [1.54, 1.807) is 0 Å². The zero-order chi connectivity index (χ0) is 15.3. The quantitative estimate of drug-likeness (QED) is 0.627. The van der Waals surface area contributed by atoms with Gasteiger partial charge in [0.25, 0.3) is 0 Å².